The summed E-state index contributed by atoms with van der Waals surface area (Å²) in [7, 11) is -3.70. The van der Waals surface area contributed by atoms with Gasteiger partial charge in [-0.05, 0) is 37.9 Å². The molecule has 0 aliphatic carbocycles. The Labute approximate surface area is 155 Å². The molecule has 0 atom stereocenters. The van der Waals surface area contributed by atoms with E-state index in [0.717, 1.165) is 38.9 Å². The number of hydrogen-bond acceptors (Lipinski definition) is 4. The summed E-state index contributed by atoms with van der Waals surface area (Å²) in [6.45, 7) is 5.31. The van der Waals surface area contributed by atoms with Crippen LogP contribution in [0.1, 0.15) is 32.6 Å². The van der Waals surface area contributed by atoms with Gasteiger partial charge in [0, 0.05) is 32.1 Å². The van der Waals surface area contributed by atoms with Crippen molar-refractivity contribution in [3.05, 3.63) is 29.3 Å². The van der Waals surface area contributed by atoms with E-state index in [1.165, 1.54) is 12.1 Å². The number of nitrogens with one attached hydrogen (secondary N) is 2. The van der Waals surface area contributed by atoms with Gasteiger partial charge in [-0.15, -0.1) is 0 Å². The van der Waals surface area contributed by atoms with Crippen LogP contribution in [0.15, 0.2) is 29.2 Å². The average molecular weight is 388 g/mol. The van der Waals surface area contributed by atoms with E-state index in [2.05, 4.69) is 21.9 Å². The van der Waals surface area contributed by atoms with Crippen LogP contribution in [-0.4, -0.2) is 51.4 Å². The number of carbonyl (C=O) groups excluding carboxylic acids is 1. The van der Waals surface area contributed by atoms with Gasteiger partial charge in [0.05, 0.1) is 5.02 Å². The number of likely N-dealkylation sites (tertiary alicyclic amines) is 1. The van der Waals surface area contributed by atoms with Crippen molar-refractivity contribution in [1.82, 2.24) is 14.9 Å². The highest BCUT2D eigenvalue weighted by Crippen LogP contribution is 2.20. The number of piperidine rings is 1. The Kier molecular flexibility index (Phi) is 7.68. The van der Waals surface area contributed by atoms with Crippen molar-refractivity contribution >= 4 is 27.5 Å². The smallest absolute Gasteiger partial charge is 0.242 e. The van der Waals surface area contributed by atoms with Crippen LogP contribution in [-0.2, 0) is 14.8 Å². The summed E-state index contributed by atoms with van der Waals surface area (Å²) < 4.78 is 26.8. The largest absolute Gasteiger partial charge is 0.353 e. The second-order valence-electron chi connectivity index (χ2n) is 6.26. The number of benzene rings is 1. The Balaban J connectivity index is 1.73. The molecule has 0 aromatic heterocycles. The molecule has 6 nitrogen and oxygen atoms in total. The first-order valence-electron chi connectivity index (χ1n) is 8.68. The summed E-state index contributed by atoms with van der Waals surface area (Å²) in [5.41, 5.74) is 0. The van der Waals surface area contributed by atoms with Crippen molar-refractivity contribution in [2.45, 2.75) is 43.5 Å². The van der Waals surface area contributed by atoms with Crippen molar-refractivity contribution in [3.8, 4) is 0 Å². The van der Waals surface area contributed by atoms with Gasteiger partial charge in [-0.2, -0.15) is 0 Å². The number of carbonyl (C=O) groups is 1. The monoisotopic (exact) mass is 387 g/mol. The molecule has 140 valence electrons. The van der Waals surface area contributed by atoms with Gasteiger partial charge in [0.25, 0.3) is 0 Å². The average Bonchev–Trinajstić information content (AvgIpc) is 2.57. The summed E-state index contributed by atoms with van der Waals surface area (Å²) >= 11 is 5.91. The summed E-state index contributed by atoms with van der Waals surface area (Å²) in [6.07, 6.45) is 3.13. The zero-order valence-electron chi connectivity index (χ0n) is 14.5. The van der Waals surface area contributed by atoms with E-state index in [9.17, 15) is 13.2 Å². The molecular weight excluding hydrogens is 362 g/mol. The van der Waals surface area contributed by atoms with Gasteiger partial charge >= 0.3 is 0 Å². The lowest BCUT2D eigenvalue weighted by molar-refractivity contribution is -0.121. The van der Waals surface area contributed by atoms with E-state index < -0.39 is 10.0 Å². The lowest BCUT2D eigenvalue weighted by Crippen LogP contribution is -2.45. The van der Waals surface area contributed by atoms with E-state index in [-0.39, 0.29) is 34.8 Å². The van der Waals surface area contributed by atoms with E-state index in [0.29, 0.717) is 0 Å². The number of rotatable bonds is 8. The zero-order chi connectivity index (χ0) is 18.3. The third-order valence-corrected chi connectivity index (χ3v) is 6.22. The van der Waals surface area contributed by atoms with Gasteiger partial charge in [0.2, 0.25) is 15.9 Å². The van der Waals surface area contributed by atoms with Crippen molar-refractivity contribution in [2.24, 2.45) is 0 Å². The molecule has 1 amide bonds. The zero-order valence-corrected chi connectivity index (χ0v) is 16.1. The number of nitrogens with zero attached hydrogens (tertiary/aromatic N) is 1. The van der Waals surface area contributed by atoms with Crippen LogP contribution in [0.2, 0.25) is 5.02 Å². The van der Waals surface area contributed by atoms with Crippen molar-refractivity contribution < 1.29 is 13.2 Å². The first kappa shape index (κ1) is 20.2. The molecule has 0 saturated carbocycles. The molecule has 1 aliphatic heterocycles. The maximum atomic E-state index is 12.2. The molecule has 0 spiro atoms. The topological polar surface area (TPSA) is 78.5 Å². The van der Waals surface area contributed by atoms with E-state index in [1.807, 2.05) is 0 Å². The van der Waals surface area contributed by atoms with Crippen molar-refractivity contribution in [1.29, 1.82) is 0 Å². The fraction of sp³-hybridized carbons (Fsp3) is 0.588. The lowest BCUT2D eigenvalue weighted by atomic mass is 10.0. The quantitative estimate of drug-likeness (QED) is 0.715. The van der Waals surface area contributed by atoms with Crippen LogP contribution < -0.4 is 10.0 Å². The number of amides is 1. The Hall–Kier alpha value is -1.15. The summed E-state index contributed by atoms with van der Waals surface area (Å²) in [5, 5.41) is 3.16. The standard InChI is InChI=1S/C17H26ClN3O3S/c1-2-11-21-12-8-14(9-13-21)20-17(22)7-10-19-25(23,24)16-6-4-3-5-15(16)18/h3-6,14,19H,2,7-13H2,1H3,(H,20,22). The molecule has 25 heavy (non-hydrogen) atoms. The van der Waals surface area contributed by atoms with Gasteiger partial charge in [0.15, 0.2) is 0 Å². The summed E-state index contributed by atoms with van der Waals surface area (Å²) in [6, 6.07) is 6.42. The van der Waals surface area contributed by atoms with E-state index in [4.69, 9.17) is 11.6 Å². The first-order valence-corrected chi connectivity index (χ1v) is 10.5. The SMILES string of the molecule is CCCN1CCC(NC(=O)CCNS(=O)(=O)c2ccccc2Cl)CC1. The minimum atomic E-state index is -3.70. The van der Waals surface area contributed by atoms with Gasteiger partial charge in [-0.3, -0.25) is 4.79 Å². The molecule has 8 heteroatoms. The van der Waals surface area contributed by atoms with Gasteiger partial charge < -0.3 is 10.2 Å². The van der Waals surface area contributed by atoms with Crippen LogP contribution in [0.25, 0.3) is 0 Å². The Bertz CT molecular complexity index is 673. The number of sulfonamides is 1. The lowest BCUT2D eigenvalue weighted by Gasteiger charge is -2.32. The molecule has 1 saturated heterocycles. The third-order valence-electron chi connectivity index (χ3n) is 4.26. The van der Waals surface area contributed by atoms with Crippen LogP contribution in [0, 0.1) is 0 Å². The van der Waals surface area contributed by atoms with Crippen LogP contribution in [0.4, 0.5) is 0 Å². The van der Waals surface area contributed by atoms with E-state index >= 15 is 0 Å². The highest BCUT2D eigenvalue weighted by Gasteiger charge is 2.21. The molecule has 1 aromatic carbocycles. The Morgan fingerprint density at radius 3 is 2.60 bits per heavy atom. The fourth-order valence-electron chi connectivity index (χ4n) is 2.96. The van der Waals surface area contributed by atoms with Crippen LogP contribution >= 0.6 is 11.6 Å². The van der Waals surface area contributed by atoms with Gasteiger partial charge in [0.1, 0.15) is 4.90 Å². The highest BCUT2D eigenvalue weighted by atomic mass is 35.5. The normalized spacial score (nSPS) is 16.7. The molecule has 1 heterocycles. The molecule has 1 aliphatic rings. The van der Waals surface area contributed by atoms with Crippen molar-refractivity contribution in [2.75, 3.05) is 26.2 Å². The van der Waals surface area contributed by atoms with Crippen molar-refractivity contribution in [3.63, 3.8) is 0 Å². The molecule has 0 radical (unpaired) electrons. The molecule has 2 N–H and O–H groups in total. The maximum absolute atomic E-state index is 12.2. The summed E-state index contributed by atoms with van der Waals surface area (Å²) in [4.78, 5) is 14.5. The summed E-state index contributed by atoms with van der Waals surface area (Å²) in [5.74, 6) is -0.129. The predicted molar refractivity (Wildman–Crippen MR) is 99.2 cm³/mol. The Morgan fingerprint density at radius 1 is 1.28 bits per heavy atom. The number of halogens is 1. The highest BCUT2D eigenvalue weighted by molar-refractivity contribution is 7.89. The minimum Gasteiger partial charge on any atom is -0.353 e. The van der Waals surface area contributed by atoms with Crippen LogP contribution in [0.3, 0.4) is 0 Å². The third kappa shape index (κ3) is 6.26. The van der Waals surface area contributed by atoms with Gasteiger partial charge in [-0.25, -0.2) is 13.1 Å². The van der Waals surface area contributed by atoms with E-state index in [1.54, 1.807) is 12.1 Å². The molecule has 0 bridgehead atoms. The number of hydrogen-bond donors (Lipinski definition) is 2. The molecule has 0 unspecified atom stereocenters. The maximum Gasteiger partial charge on any atom is 0.242 e. The Morgan fingerprint density at radius 2 is 1.96 bits per heavy atom. The molecule has 2 rings (SSSR count). The second kappa shape index (κ2) is 9.52. The van der Waals surface area contributed by atoms with Gasteiger partial charge in [-0.1, -0.05) is 30.7 Å². The van der Waals surface area contributed by atoms with Crippen LogP contribution in [0.5, 0.6) is 0 Å². The predicted octanol–water partition coefficient (Wildman–Crippen LogP) is 2.00. The second-order valence-corrected chi connectivity index (χ2v) is 8.40. The molecular formula is C17H26ClN3O3S. The molecule has 1 fully saturated rings. The molecule has 1 aromatic rings. The minimum absolute atomic E-state index is 0.0281. The fourth-order valence-corrected chi connectivity index (χ4v) is 4.51. The first-order chi connectivity index (χ1) is 11.9.